The summed E-state index contributed by atoms with van der Waals surface area (Å²) in [5.41, 5.74) is 4.62. The van der Waals surface area contributed by atoms with Crippen LogP contribution in [0.25, 0.3) is 20.4 Å². The molecule has 0 aromatic carbocycles. The summed E-state index contributed by atoms with van der Waals surface area (Å²) in [6, 6.07) is 0. The second-order valence-electron chi connectivity index (χ2n) is 8.79. The predicted molar refractivity (Wildman–Crippen MR) is 113 cm³/mol. The number of nitrogens with one attached hydrogen (secondary N) is 1. The van der Waals surface area contributed by atoms with E-state index in [4.69, 9.17) is 9.72 Å². The molecule has 0 amide bonds. The molecule has 3 aromatic heterocycles. The Morgan fingerprint density at radius 2 is 1.96 bits per heavy atom. The van der Waals surface area contributed by atoms with E-state index >= 15 is 0 Å². The molecule has 5 nitrogen and oxygen atoms in total. The Bertz CT molecular complexity index is 1010. The number of rotatable bonds is 4. The van der Waals surface area contributed by atoms with Gasteiger partial charge in [0.2, 0.25) is 0 Å². The molecule has 1 N–H and O–H groups in total. The zero-order valence-electron chi connectivity index (χ0n) is 17.0. The molecule has 1 aliphatic heterocycles. The summed E-state index contributed by atoms with van der Waals surface area (Å²) < 4.78 is 7.23. The van der Waals surface area contributed by atoms with Gasteiger partial charge in [0.15, 0.2) is 0 Å². The first-order valence-electron chi connectivity index (χ1n) is 9.73. The van der Waals surface area contributed by atoms with Crippen molar-refractivity contribution in [2.75, 3.05) is 11.9 Å². The van der Waals surface area contributed by atoms with E-state index in [0.717, 1.165) is 39.5 Å². The maximum absolute atomic E-state index is 6.13. The van der Waals surface area contributed by atoms with Crippen molar-refractivity contribution in [2.45, 2.75) is 66.1 Å². The van der Waals surface area contributed by atoms with Crippen molar-refractivity contribution in [1.82, 2.24) is 15.0 Å². The zero-order chi connectivity index (χ0) is 19.3. The Morgan fingerprint density at radius 1 is 1.19 bits per heavy atom. The zero-order valence-corrected chi connectivity index (χ0v) is 17.8. The summed E-state index contributed by atoms with van der Waals surface area (Å²) >= 11 is 1.71. The Balaban J connectivity index is 1.99. The lowest BCUT2D eigenvalue weighted by atomic mass is 9.87. The molecule has 3 aromatic rings. The third-order valence-corrected chi connectivity index (χ3v) is 6.16. The number of fused-ring (bicyclic) bond motifs is 5. The van der Waals surface area contributed by atoms with Gasteiger partial charge in [-0.2, -0.15) is 0 Å². The lowest BCUT2D eigenvalue weighted by Gasteiger charge is -2.33. The standard InChI is InChI=1S/C21H28N4OS/c1-11(2)8-22-19-18-17(23-10-24-19)15-13-7-21(5,6)26-9-14(13)16(12(3)4)25-20(15)27-18/h10-12H,7-9H2,1-6H3,(H,22,23,24). The van der Waals surface area contributed by atoms with E-state index in [1.807, 2.05) is 0 Å². The molecule has 0 saturated carbocycles. The summed E-state index contributed by atoms with van der Waals surface area (Å²) in [6.45, 7) is 14.7. The first-order chi connectivity index (χ1) is 12.8. The van der Waals surface area contributed by atoms with Crippen LogP contribution in [0.4, 0.5) is 5.82 Å². The SMILES string of the molecule is CC(C)CNc1ncnc2c1sc1nc(C(C)C)c3c(c12)CC(C)(C)OC3. The largest absolute Gasteiger partial charge is 0.370 e. The number of hydrogen-bond donors (Lipinski definition) is 1. The molecule has 0 atom stereocenters. The van der Waals surface area contributed by atoms with Gasteiger partial charge in [-0.3, -0.25) is 0 Å². The van der Waals surface area contributed by atoms with Crippen LogP contribution in [-0.2, 0) is 17.8 Å². The first kappa shape index (κ1) is 18.6. The molecule has 0 bridgehead atoms. The van der Waals surface area contributed by atoms with Gasteiger partial charge >= 0.3 is 0 Å². The Morgan fingerprint density at radius 3 is 2.67 bits per heavy atom. The molecule has 0 radical (unpaired) electrons. The maximum atomic E-state index is 6.13. The molecule has 0 saturated heterocycles. The quantitative estimate of drug-likeness (QED) is 0.663. The van der Waals surface area contributed by atoms with E-state index in [2.05, 4.69) is 56.8 Å². The van der Waals surface area contributed by atoms with Crippen LogP contribution in [0, 0.1) is 5.92 Å². The number of aromatic nitrogens is 3. The normalized spacial score (nSPS) is 16.4. The van der Waals surface area contributed by atoms with Crippen LogP contribution in [0.3, 0.4) is 0 Å². The van der Waals surface area contributed by atoms with Crippen LogP contribution in [0.5, 0.6) is 0 Å². The second-order valence-corrected chi connectivity index (χ2v) is 9.79. The van der Waals surface area contributed by atoms with Crippen molar-refractivity contribution in [3.8, 4) is 0 Å². The van der Waals surface area contributed by atoms with Crippen molar-refractivity contribution in [3.63, 3.8) is 0 Å². The van der Waals surface area contributed by atoms with Gasteiger partial charge in [0.1, 0.15) is 17.0 Å². The third kappa shape index (κ3) is 3.29. The Hall–Kier alpha value is -1.79. The molecule has 0 spiro atoms. The fourth-order valence-electron chi connectivity index (χ4n) is 3.74. The van der Waals surface area contributed by atoms with Crippen LogP contribution in [0.1, 0.15) is 64.3 Å². The molecule has 4 heterocycles. The highest BCUT2D eigenvalue weighted by atomic mass is 32.1. The van der Waals surface area contributed by atoms with Crippen molar-refractivity contribution in [3.05, 3.63) is 23.1 Å². The molecule has 1 aliphatic rings. The molecule has 4 rings (SSSR count). The summed E-state index contributed by atoms with van der Waals surface area (Å²) in [5.74, 6) is 1.84. The molecular weight excluding hydrogens is 356 g/mol. The minimum Gasteiger partial charge on any atom is -0.370 e. The van der Waals surface area contributed by atoms with E-state index in [-0.39, 0.29) is 5.60 Å². The highest BCUT2D eigenvalue weighted by molar-refractivity contribution is 7.26. The first-order valence-corrected chi connectivity index (χ1v) is 10.5. The molecule has 6 heteroatoms. The monoisotopic (exact) mass is 384 g/mol. The molecule has 144 valence electrons. The summed E-state index contributed by atoms with van der Waals surface area (Å²) in [6.07, 6.45) is 2.55. The average molecular weight is 385 g/mol. The van der Waals surface area contributed by atoms with E-state index in [1.54, 1.807) is 17.7 Å². The van der Waals surface area contributed by atoms with Crippen LogP contribution in [-0.4, -0.2) is 27.1 Å². The fraction of sp³-hybridized carbons (Fsp3) is 0.571. The van der Waals surface area contributed by atoms with Gasteiger partial charge in [-0.15, -0.1) is 11.3 Å². The smallest absolute Gasteiger partial charge is 0.147 e. The maximum Gasteiger partial charge on any atom is 0.147 e. The highest BCUT2D eigenvalue weighted by Crippen LogP contribution is 2.43. The number of thiophene rings is 1. The summed E-state index contributed by atoms with van der Waals surface area (Å²) in [5, 5.41) is 4.68. The van der Waals surface area contributed by atoms with Crippen LogP contribution < -0.4 is 5.32 Å². The van der Waals surface area contributed by atoms with Crippen molar-refractivity contribution in [1.29, 1.82) is 0 Å². The molecule has 0 unspecified atom stereocenters. The minimum atomic E-state index is -0.171. The summed E-state index contributed by atoms with van der Waals surface area (Å²) in [4.78, 5) is 15.3. The molecule has 27 heavy (non-hydrogen) atoms. The van der Waals surface area contributed by atoms with Gasteiger partial charge < -0.3 is 10.1 Å². The van der Waals surface area contributed by atoms with Gasteiger partial charge in [-0.05, 0) is 31.2 Å². The number of hydrogen-bond acceptors (Lipinski definition) is 6. The average Bonchev–Trinajstić information content (AvgIpc) is 2.97. The molecule has 0 fully saturated rings. The van der Waals surface area contributed by atoms with Gasteiger partial charge in [-0.25, -0.2) is 15.0 Å². The fourth-order valence-corrected chi connectivity index (χ4v) is 4.87. The lowest BCUT2D eigenvalue weighted by molar-refractivity contribution is -0.0402. The lowest BCUT2D eigenvalue weighted by Crippen LogP contribution is -2.32. The van der Waals surface area contributed by atoms with Gasteiger partial charge in [0.05, 0.1) is 28.1 Å². The minimum absolute atomic E-state index is 0.171. The van der Waals surface area contributed by atoms with Crippen molar-refractivity contribution < 1.29 is 4.74 Å². The Kier molecular flexibility index (Phi) is 4.59. The van der Waals surface area contributed by atoms with E-state index in [9.17, 15) is 0 Å². The number of anilines is 1. The number of ether oxygens (including phenoxy) is 1. The van der Waals surface area contributed by atoms with E-state index in [0.29, 0.717) is 18.4 Å². The number of pyridine rings is 1. The summed E-state index contributed by atoms with van der Waals surface area (Å²) in [7, 11) is 0. The molecular formula is C21H28N4OS. The topological polar surface area (TPSA) is 59.9 Å². The van der Waals surface area contributed by atoms with Crippen molar-refractivity contribution >= 4 is 37.6 Å². The van der Waals surface area contributed by atoms with Crippen LogP contribution in [0.15, 0.2) is 6.33 Å². The number of nitrogens with zero attached hydrogens (tertiary/aromatic N) is 3. The Labute approximate surface area is 164 Å². The third-order valence-electron chi connectivity index (χ3n) is 5.08. The van der Waals surface area contributed by atoms with Gasteiger partial charge in [0.25, 0.3) is 0 Å². The van der Waals surface area contributed by atoms with E-state index in [1.165, 1.54) is 16.5 Å². The molecule has 0 aliphatic carbocycles. The predicted octanol–water partition coefficient (Wildman–Crippen LogP) is 5.28. The highest BCUT2D eigenvalue weighted by Gasteiger charge is 2.32. The van der Waals surface area contributed by atoms with Crippen molar-refractivity contribution in [2.24, 2.45) is 5.92 Å². The van der Waals surface area contributed by atoms with Gasteiger partial charge in [-0.1, -0.05) is 27.7 Å². The van der Waals surface area contributed by atoms with Crippen LogP contribution >= 0.6 is 11.3 Å². The second kappa shape index (κ2) is 6.67. The van der Waals surface area contributed by atoms with E-state index < -0.39 is 0 Å². The van der Waals surface area contributed by atoms with Crippen LogP contribution in [0.2, 0.25) is 0 Å². The van der Waals surface area contributed by atoms with Gasteiger partial charge in [0, 0.05) is 23.9 Å².